The van der Waals surface area contributed by atoms with Crippen LogP contribution >= 0.6 is 11.3 Å². The highest BCUT2D eigenvalue weighted by molar-refractivity contribution is 7.15. The molecule has 1 aliphatic rings. The number of aryl methyl sites for hydroxylation is 1. The van der Waals surface area contributed by atoms with Crippen molar-refractivity contribution >= 4 is 16.5 Å². The van der Waals surface area contributed by atoms with Crippen molar-refractivity contribution in [2.45, 2.75) is 20.0 Å². The van der Waals surface area contributed by atoms with E-state index in [0.29, 0.717) is 0 Å². The van der Waals surface area contributed by atoms with E-state index in [4.69, 9.17) is 4.74 Å². The van der Waals surface area contributed by atoms with Crippen LogP contribution in [-0.4, -0.2) is 48.2 Å². The van der Waals surface area contributed by atoms with Crippen molar-refractivity contribution in [3.8, 4) is 0 Å². The molecule has 0 atom stereocenters. The van der Waals surface area contributed by atoms with Crippen LogP contribution < -0.4 is 4.90 Å². The molecule has 0 spiro atoms. The monoisotopic (exact) mass is 318 g/mol. The number of hydrogen-bond acceptors (Lipinski definition) is 6. The van der Waals surface area contributed by atoms with Crippen LogP contribution in [0.5, 0.6) is 0 Å². The molecule has 2 aromatic rings. The van der Waals surface area contributed by atoms with Crippen LogP contribution in [0, 0.1) is 6.92 Å². The van der Waals surface area contributed by atoms with E-state index in [1.807, 2.05) is 19.3 Å². The summed E-state index contributed by atoms with van der Waals surface area (Å²) in [5, 5.41) is 1.12. The standard InChI is InChI=1S/C16H22N4OS/c1-13-9-14(3-4-17-13)11-19(2)12-15-10-18-16(22-15)20-5-7-21-8-6-20/h3-4,9-10H,5-8,11-12H2,1-2H3. The van der Waals surface area contributed by atoms with Gasteiger partial charge in [-0.15, -0.1) is 11.3 Å². The van der Waals surface area contributed by atoms with E-state index in [9.17, 15) is 0 Å². The highest BCUT2D eigenvalue weighted by Gasteiger charge is 2.15. The summed E-state index contributed by atoms with van der Waals surface area (Å²) in [7, 11) is 2.14. The summed E-state index contributed by atoms with van der Waals surface area (Å²) in [5.74, 6) is 0. The van der Waals surface area contributed by atoms with Gasteiger partial charge in [0.25, 0.3) is 0 Å². The van der Waals surface area contributed by atoms with Gasteiger partial charge >= 0.3 is 0 Å². The van der Waals surface area contributed by atoms with Crippen molar-refractivity contribution in [2.24, 2.45) is 0 Å². The Morgan fingerprint density at radius 1 is 1.27 bits per heavy atom. The zero-order valence-corrected chi connectivity index (χ0v) is 14.0. The third kappa shape index (κ3) is 4.03. The predicted octanol–water partition coefficient (Wildman–Crippen LogP) is 2.32. The van der Waals surface area contributed by atoms with Crippen LogP contribution in [0.4, 0.5) is 5.13 Å². The smallest absolute Gasteiger partial charge is 0.185 e. The first kappa shape index (κ1) is 15.4. The summed E-state index contributed by atoms with van der Waals surface area (Å²) in [4.78, 5) is 14.7. The van der Waals surface area contributed by atoms with Gasteiger partial charge in [0.05, 0.1) is 13.2 Å². The molecule has 3 rings (SSSR count). The Balaban J connectivity index is 1.57. The van der Waals surface area contributed by atoms with Crippen LogP contribution in [0.15, 0.2) is 24.5 Å². The van der Waals surface area contributed by atoms with Gasteiger partial charge < -0.3 is 9.64 Å². The van der Waals surface area contributed by atoms with Crippen molar-refractivity contribution in [1.29, 1.82) is 0 Å². The minimum absolute atomic E-state index is 0.802. The first-order chi connectivity index (χ1) is 10.7. The Labute approximate surface area is 135 Å². The van der Waals surface area contributed by atoms with Crippen LogP contribution in [0.2, 0.25) is 0 Å². The molecule has 0 radical (unpaired) electrons. The molecule has 1 fully saturated rings. The highest BCUT2D eigenvalue weighted by atomic mass is 32.1. The minimum Gasteiger partial charge on any atom is -0.378 e. The summed E-state index contributed by atoms with van der Waals surface area (Å²) in [6, 6.07) is 4.22. The van der Waals surface area contributed by atoms with Crippen LogP contribution in [0.3, 0.4) is 0 Å². The molecule has 1 saturated heterocycles. The molecule has 6 heteroatoms. The lowest BCUT2D eigenvalue weighted by Gasteiger charge is -2.26. The number of anilines is 1. The molecule has 118 valence electrons. The molecule has 2 aromatic heterocycles. The van der Waals surface area contributed by atoms with Crippen molar-refractivity contribution in [3.63, 3.8) is 0 Å². The lowest BCUT2D eigenvalue weighted by Crippen LogP contribution is -2.36. The number of aromatic nitrogens is 2. The third-order valence-corrected chi connectivity index (χ3v) is 4.71. The fourth-order valence-corrected chi connectivity index (χ4v) is 3.65. The van der Waals surface area contributed by atoms with Crippen LogP contribution in [-0.2, 0) is 17.8 Å². The molecule has 22 heavy (non-hydrogen) atoms. The van der Waals surface area contributed by atoms with Gasteiger partial charge in [0.1, 0.15) is 0 Å². The van der Waals surface area contributed by atoms with Crippen molar-refractivity contribution in [3.05, 3.63) is 40.7 Å². The minimum atomic E-state index is 0.802. The van der Waals surface area contributed by atoms with Crippen LogP contribution in [0.1, 0.15) is 16.1 Å². The summed E-state index contributed by atoms with van der Waals surface area (Å²) in [5.41, 5.74) is 2.37. The van der Waals surface area contributed by atoms with Gasteiger partial charge in [0, 0.05) is 49.1 Å². The van der Waals surface area contributed by atoms with E-state index < -0.39 is 0 Å². The van der Waals surface area contributed by atoms with Crippen molar-refractivity contribution in [1.82, 2.24) is 14.9 Å². The molecular formula is C16H22N4OS. The molecular weight excluding hydrogens is 296 g/mol. The molecule has 0 unspecified atom stereocenters. The lowest BCUT2D eigenvalue weighted by atomic mass is 10.2. The zero-order chi connectivity index (χ0) is 15.4. The van der Waals surface area contributed by atoms with Gasteiger partial charge in [-0.05, 0) is 31.7 Å². The van der Waals surface area contributed by atoms with Gasteiger partial charge in [-0.1, -0.05) is 0 Å². The van der Waals surface area contributed by atoms with Crippen LogP contribution in [0.25, 0.3) is 0 Å². The summed E-state index contributed by atoms with van der Waals surface area (Å²) < 4.78 is 5.39. The molecule has 0 aromatic carbocycles. The van der Waals surface area contributed by atoms with E-state index in [1.165, 1.54) is 10.4 Å². The largest absolute Gasteiger partial charge is 0.378 e. The molecule has 0 bridgehead atoms. The number of pyridine rings is 1. The molecule has 3 heterocycles. The van der Waals surface area contributed by atoms with Gasteiger partial charge in [-0.25, -0.2) is 4.98 Å². The second-order valence-corrected chi connectivity index (χ2v) is 6.78. The van der Waals surface area contributed by atoms with Gasteiger partial charge in [0.2, 0.25) is 0 Å². The third-order valence-electron chi connectivity index (χ3n) is 3.66. The normalized spacial score (nSPS) is 15.5. The average Bonchev–Trinajstić information content (AvgIpc) is 2.96. The zero-order valence-electron chi connectivity index (χ0n) is 13.2. The Morgan fingerprint density at radius 3 is 2.86 bits per heavy atom. The Hall–Kier alpha value is -1.50. The number of nitrogens with zero attached hydrogens (tertiary/aromatic N) is 4. The maximum atomic E-state index is 5.39. The second kappa shape index (κ2) is 7.17. The summed E-state index contributed by atoms with van der Waals surface area (Å²) in [6.07, 6.45) is 3.88. The summed E-state index contributed by atoms with van der Waals surface area (Å²) in [6.45, 7) is 7.36. The van der Waals surface area contributed by atoms with Crippen molar-refractivity contribution in [2.75, 3.05) is 38.3 Å². The maximum absolute atomic E-state index is 5.39. The average molecular weight is 318 g/mol. The van der Waals surface area contributed by atoms with E-state index in [2.05, 4.69) is 38.9 Å². The molecule has 0 aliphatic carbocycles. The van der Waals surface area contributed by atoms with E-state index in [1.54, 1.807) is 11.3 Å². The quantitative estimate of drug-likeness (QED) is 0.846. The van der Waals surface area contributed by atoms with E-state index in [0.717, 1.165) is 50.2 Å². The SMILES string of the molecule is Cc1cc(CN(C)Cc2cnc(N3CCOCC3)s2)ccn1. The Kier molecular flexibility index (Phi) is 5.02. The molecule has 0 amide bonds. The fraction of sp³-hybridized carbons (Fsp3) is 0.500. The Bertz CT molecular complexity index is 610. The van der Waals surface area contributed by atoms with Gasteiger partial charge in [-0.2, -0.15) is 0 Å². The number of thiazole rings is 1. The first-order valence-electron chi connectivity index (χ1n) is 7.58. The molecule has 0 saturated carbocycles. The topological polar surface area (TPSA) is 41.5 Å². The Morgan fingerprint density at radius 2 is 2.09 bits per heavy atom. The van der Waals surface area contributed by atoms with Gasteiger partial charge in [-0.3, -0.25) is 9.88 Å². The number of hydrogen-bond donors (Lipinski definition) is 0. The van der Waals surface area contributed by atoms with E-state index in [-0.39, 0.29) is 0 Å². The first-order valence-corrected chi connectivity index (χ1v) is 8.40. The number of ether oxygens (including phenoxy) is 1. The fourth-order valence-electron chi connectivity index (χ4n) is 2.61. The van der Waals surface area contributed by atoms with Gasteiger partial charge in [0.15, 0.2) is 5.13 Å². The van der Waals surface area contributed by atoms with E-state index >= 15 is 0 Å². The maximum Gasteiger partial charge on any atom is 0.185 e. The number of rotatable bonds is 5. The molecule has 1 aliphatic heterocycles. The molecule has 0 N–H and O–H groups in total. The summed E-state index contributed by atoms with van der Waals surface area (Å²) >= 11 is 1.79. The number of morpholine rings is 1. The highest BCUT2D eigenvalue weighted by Crippen LogP contribution is 2.24. The molecule has 5 nitrogen and oxygen atoms in total. The second-order valence-electron chi connectivity index (χ2n) is 5.69. The predicted molar refractivity (Wildman–Crippen MR) is 89.3 cm³/mol. The lowest BCUT2D eigenvalue weighted by molar-refractivity contribution is 0.122. The van der Waals surface area contributed by atoms with Crippen molar-refractivity contribution < 1.29 is 4.74 Å².